The molecule has 0 aliphatic carbocycles. The highest BCUT2D eigenvalue weighted by molar-refractivity contribution is 7.99. The van der Waals surface area contributed by atoms with Crippen molar-refractivity contribution in [3.8, 4) is 0 Å². The van der Waals surface area contributed by atoms with Gasteiger partial charge in [-0.2, -0.15) is 4.98 Å². The smallest absolute Gasteiger partial charge is 0.236 e. The molecule has 0 bridgehead atoms. The van der Waals surface area contributed by atoms with Gasteiger partial charge in [-0.05, 0) is 19.1 Å². The van der Waals surface area contributed by atoms with E-state index < -0.39 is 0 Å². The molecule has 1 amide bonds. The topological polar surface area (TPSA) is 77.2 Å². The zero-order valence-corrected chi connectivity index (χ0v) is 12.8. The van der Waals surface area contributed by atoms with Crippen LogP contribution < -0.4 is 5.32 Å². The predicted octanol–water partition coefficient (Wildman–Crippen LogP) is 2.40. The molecule has 1 aromatic carbocycles. The minimum atomic E-state index is -0.0551. The summed E-state index contributed by atoms with van der Waals surface area (Å²) < 4.78 is 9.94. The van der Waals surface area contributed by atoms with E-state index in [1.807, 2.05) is 31.2 Å². The number of amides is 1. The normalized spacial score (nSPS) is 10.6. The number of carbonyl (C=O) groups is 1. The second-order valence-corrected chi connectivity index (χ2v) is 5.43. The molecule has 7 heteroatoms. The molecule has 1 heterocycles. The summed E-state index contributed by atoms with van der Waals surface area (Å²) in [6, 6.07) is 7.68. The highest BCUT2D eigenvalue weighted by atomic mass is 32.2. The Kier molecular flexibility index (Phi) is 5.77. The van der Waals surface area contributed by atoms with E-state index in [0.717, 1.165) is 11.3 Å². The summed E-state index contributed by atoms with van der Waals surface area (Å²) in [5.74, 6) is 1.78. The van der Waals surface area contributed by atoms with E-state index in [-0.39, 0.29) is 5.91 Å². The molecule has 0 atom stereocenters. The number of aromatic nitrogens is 2. The van der Waals surface area contributed by atoms with Gasteiger partial charge in [-0.15, -0.1) is 11.8 Å². The van der Waals surface area contributed by atoms with E-state index in [4.69, 9.17) is 9.26 Å². The molecule has 0 aliphatic heterocycles. The average molecular weight is 307 g/mol. The molecule has 1 N–H and O–H groups in total. The zero-order chi connectivity index (χ0) is 15.1. The van der Waals surface area contributed by atoms with Crippen LogP contribution in [0.25, 0.3) is 0 Å². The molecule has 0 spiro atoms. The molecule has 0 saturated heterocycles. The molecule has 1 aromatic heterocycles. The number of nitrogens with one attached hydrogen (secondary N) is 1. The highest BCUT2D eigenvalue weighted by Gasteiger charge is 2.08. The Labute approximate surface area is 127 Å². The summed E-state index contributed by atoms with van der Waals surface area (Å²) in [4.78, 5) is 15.9. The number of carbonyl (C=O) groups excluding carboxylic acids is 1. The van der Waals surface area contributed by atoms with E-state index in [2.05, 4.69) is 15.5 Å². The van der Waals surface area contributed by atoms with E-state index in [1.165, 1.54) is 11.8 Å². The third kappa shape index (κ3) is 5.20. The molecule has 6 nitrogen and oxygen atoms in total. The van der Waals surface area contributed by atoms with Crippen molar-refractivity contribution in [1.29, 1.82) is 0 Å². The third-order valence-electron chi connectivity index (χ3n) is 2.58. The van der Waals surface area contributed by atoms with Crippen LogP contribution in [0.1, 0.15) is 17.3 Å². The highest BCUT2D eigenvalue weighted by Crippen LogP contribution is 2.13. The molecule has 2 aromatic rings. The predicted molar refractivity (Wildman–Crippen MR) is 81.0 cm³/mol. The standard InChI is InChI=1S/C14H17N3O3S/c1-10-3-5-11(6-4-10)15-13(18)8-21-9-14-16-12(7-19-2)17-20-14/h3-6H,7-9H2,1-2H3,(H,15,18). The van der Waals surface area contributed by atoms with Gasteiger partial charge >= 0.3 is 0 Å². The fourth-order valence-corrected chi connectivity index (χ4v) is 2.25. The minimum absolute atomic E-state index is 0.0551. The van der Waals surface area contributed by atoms with Crippen LogP contribution in [0.3, 0.4) is 0 Å². The molecule has 112 valence electrons. The van der Waals surface area contributed by atoms with Crippen LogP contribution in [0.5, 0.6) is 0 Å². The van der Waals surface area contributed by atoms with E-state index >= 15 is 0 Å². The number of thioether (sulfide) groups is 1. The van der Waals surface area contributed by atoms with Gasteiger partial charge in [0.25, 0.3) is 0 Å². The number of ether oxygens (including phenoxy) is 1. The molecule has 21 heavy (non-hydrogen) atoms. The number of nitrogens with zero attached hydrogens (tertiary/aromatic N) is 2. The summed E-state index contributed by atoms with van der Waals surface area (Å²) in [6.07, 6.45) is 0. The Hall–Kier alpha value is -1.86. The summed E-state index contributed by atoms with van der Waals surface area (Å²) in [6.45, 7) is 2.33. The van der Waals surface area contributed by atoms with Gasteiger partial charge in [0.1, 0.15) is 6.61 Å². The Morgan fingerprint density at radius 1 is 1.38 bits per heavy atom. The van der Waals surface area contributed by atoms with Gasteiger partial charge in [0.05, 0.1) is 11.5 Å². The van der Waals surface area contributed by atoms with Crippen LogP contribution in [0.4, 0.5) is 5.69 Å². The lowest BCUT2D eigenvalue weighted by molar-refractivity contribution is -0.113. The van der Waals surface area contributed by atoms with Gasteiger partial charge in [-0.3, -0.25) is 4.79 Å². The first-order valence-electron chi connectivity index (χ1n) is 6.42. The van der Waals surface area contributed by atoms with Gasteiger partial charge < -0.3 is 14.6 Å². The van der Waals surface area contributed by atoms with Crippen LogP contribution in [0.2, 0.25) is 0 Å². The van der Waals surface area contributed by atoms with Gasteiger partial charge in [-0.25, -0.2) is 0 Å². The van der Waals surface area contributed by atoms with Gasteiger partial charge in [-0.1, -0.05) is 22.9 Å². The third-order valence-corrected chi connectivity index (χ3v) is 3.49. The quantitative estimate of drug-likeness (QED) is 0.846. The molecule has 0 radical (unpaired) electrons. The Balaban J connectivity index is 1.72. The average Bonchev–Trinajstić information content (AvgIpc) is 2.89. The number of hydrogen-bond acceptors (Lipinski definition) is 6. The molecular weight excluding hydrogens is 290 g/mol. The van der Waals surface area contributed by atoms with Crippen LogP contribution in [0.15, 0.2) is 28.8 Å². The SMILES string of the molecule is COCc1noc(CSCC(=O)Nc2ccc(C)cc2)n1. The number of anilines is 1. The van der Waals surface area contributed by atoms with E-state index in [1.54, 1.807) is 7.11 Å². The van der Waals surface area contributed by atoms with Crippen molar-refractivity contribution < 1.29 is 14.1 Å². The number of methoxy groups -OCH3 is 1. The summed E-state index contributed by atoms with van der Waals surface area (Å²) in [5.41, 5.74) is 1.96. The number of rotatable bonds is 7. The molecule has 2 rings (SSSR count). The Bertz CT molecular complexity index is 583. The zero-order valence-electron chi connectivity index (χ0n) is 12.0. The van der Waals surface area contributed by atoms with Crippen molar-refractivity contribution in [2.75, 3.05) is 18.2 Å². The molecule has 0 aliphatic rings. The Morgan fingerprint density at radius 2 is 2.14 bits per heavy atom. The van der Waals surface area contributed by atoms with Crippen LogP contribution >= 0.6 is 11.8 Å². The minimum Gasteiger partial charge on any atom is -0.377 e. The van der Waals surface area contributed by atoms with E-state index in [0.29, 0.717) is 29.8 Å². The van der Waals surface area contributed by atoms with Crippen molar-refractivity contribution in [3.05, 3.63) is 41.5 Å². The largest absolute Gasteiger partial charge is 0.377 e. The molecule has 0 unspecified atom stereocenters. The van der Waals surface area contributed by atoms with Crippen LogP contribution in [-0.4, -0.2) is 28.9 Å². The fraction of sp³-hybridized carbons (Fsp3) is 0.357. The van der Waals surface area contributed by atoms with Crippen molar-refractivity contribution in [2.45, 2.75) is 19.3 Å². The molecule has 0 saturated carbocycles. The maximum Gasteiger partial charge on any atom is 0.236 e. The lowest BCUT2D eigenvalue weighted by Crippen LogP contribution is -2.14. The van der Waals surface area contributed by atoms with Crippen molar-refractivity contribution in [1.82, 2.24) is 10.1 Å². The number of hydrogen-bond donors (Lipinski definition) is 1. The fourth-order valence-electron chi connectivity index (χ4n) is 1.60. The number of benzene rings is 1. The number of aryl methyl sites for hydroxylation is 1. The summed E-state index contributed by atoms with van der Waals surface area (Å²) in [5, 5.41) is 6.59. The lowest BCUT2D eigenvalue weighted by atomic mass is 10.2. The summed E-state index contributed by atoms with van der Waals surface area (Å²) >= 11 is 1.42. The first kappa shape index (κ1) is 15.5. The van der Waals surface area contributed by atoms with Crippen LogP contribution in [-0.2, 0) is 21.9 Å². The molecular formula is C14H17N3O3S. The molecule has 0 fully saturated rings. The second kappa shape index (κ2) is 7.80. The van der Waals surface area contributed by atoms with Gasteiger partial charge in [0, 0.05) is 12.8 Å². The van der Waals surface area contributed by atoms with Crippen LogP contribution in [0, 0.1) is 6.92 Å². The monoisotopic (exact) mass is 307 g/mol. The van der Waals surface area contributed by atoms with E-state index in [9.17, 15) is 4.79 Å². The Morgan fingerprint density at radius 3 is 2.86 bits per heavy atom. The van der Waals surface area contributed by atoms with Gasteiger partial charge in [0.15, 0.2) is 5.82 Å². The lowest BCUT2D eigenvalue weighted by Gasteiger charge is -2.04. The van der Waals surface area contributed by atoms with Crippen molar-refractivity contribution in [2.24, 2.45) is 0 Å². The first-order valence-corrected chi connectivity index (χ1v) is 7.57. The van der Waals surface area contributed by atoms with Gasteiger partial charge in [0.2, 0.25) is 11.8 Å². The van der Waals surface area contributed by atoms with Crippen molar-refractivity contribution >= 4 is 23.4 Å². The van der Waals surface area contributed by atoms with Crippen molar-refractivity contribution in [3.63, 3.8) is 0 Å². The first-order chi connectivity index (χ1) is 10.2. The summed E-state index contributed by atoms with van der Waals surface area (Å²) in [7, 11) is 1.57. The maximum absolute atomic E-state index is 11.8. The second-order valence-electron chi connectivity index (χ2n) is 4.44. The maximum atomic E-state index is 11.8.